The van der Waals surface area contributed by atoms with Crippen LogP contribution in [0.15, 0.2) is 11.1 Å². The fourth-order valence-electron chi connectivity index (χ4n) is 2.33. The van der Waals surface area contributed by atoms with Crippen LogP contribution in [-0.4, -0.2) is 19.5 Å². The van der Waals surface area contributed by atoms with E-state index < -0.39 is 0 Å². The summed E-state index contributed by atoms with van der Waals surface area (Å²) in [5.74, 6) is 0.129. The monoisotopic (exact) mass is 249 g/mol. The van der Waals surface area contributed by atoms with Crippen molar-refractivity contribution in [3.8, 4) is 0 Å². The number of hydrogen-bond donors (Lipinski definition) is 2. The van der Waals surface area contributed by atoms with Crippen molar-refractivity contribution < 1.29 is 0 Å². The van der Waals surface area contributed by atoms with Gasteiger partial charge in [0.05, 0.1) is 6.33 Å². The molecular weight excluding hydrogens is 230 g/mol. The van der Waals surface area contributed by atoms with Gasteiger partial charge in [-0.15, -0.1) is 0 Å². The van der Waals surface area contributed by atoms with Crippen LogP contribution < -0.4 is 11.3 Å². The minimum atomic E-state index is -0.286. The molecule has 0 fully saturated rings. The number of nitrogens with one attached hydrogen (secondary N) is 1. The molecule has 0 aromatic carbocycles. The number of nitrogens with two attached hydrogens (primary N) is 1. The van der Waals surface area contributed by atoms with Crippen molar-refractivity contribution in [2.45, 2.75) is 45.6 Å². The number of aromatic amines is 1. The summed E-state index contributed by atoms with van der Waals surface area (Å²) in [5, 5.41) is 0. The summed E-state index contributed by atoms with van der Waals surface area (Å²) in [7, 11) is 0. The van der Waals surface area contributed by atoms with E-state index in [9.17, 15) is 4.79 Å². The van der Waals surface area contributed by atoms with Gasteiger partial charge >= 0.3 is 0 Å². The summed E-state index contributed by atoms with van der Waals surface area (Å²) in [6.07, 6.45) is 4.69. The quantitative estimate of drug-likeness (QED) is 0.861. The van der Waals surface area contributed by atoms with Crippen LogP contribution in [0.25, 0.3) is 11.2 Å². The van der Waals surface area contributed by atoms with Gasteiger partial charge in [0.15, 0.2) is 11.2 Å². The molecule has 3 N–H and O–H groups in total. The molecule has 0 saturated carbocycles. The van der Waals surface area contributed by atoms with Gasteiger partial charge in [-0.3, -0.25) is 9.78 Å². The maximum absolute atomic E-state index is 11.7. The average molecular weight is 249 g/mol. The predicted octanol–water partition coefficient (Wildman–Crippen LogP) is 1.63. The zero-order chi connectivity index (χ0) is 13.3. The SMILES string of the molecule is CCCC(C)(CC)n1cnc2c(=O)[nH]c(N)nc21. The Kier molecular flexibility index (Phi) is 3.11. The fraction of sp³-hybridized carbons (Fsp3) is 0.583. The zero-order valence-electron chi connectivity index (χ0n) is 11.0. The van der Waals surface area contributed by atoms with Gasteiger partial charge in [-0.25, -0.2) is 4.98 Å². The maximum Gasteiger partial charge on any atom is 0.280 e. The van der Waals surface area contributed by atoms with Crippen molar-refractivity contribution in [2.24, 2.45) is 0 Å². The van der Waals surface area contributed by atoms with E-state index in [0.29, 0.717) is 11.2 Å². The topological polar surface area (TPSA) is 89.6 Å². The Labute approximate surface area is 105 Å². The van der Waals surface area contributed by atoms with Gasteiger partial charge < -0.3 is 10.3 Å². The third kappa shape index (κ3) is 1.87. The van der Waals surface area contributed by atoms with Crippen molar-refractivity contribution in [1.29, 1.82) is 0 Å². The molecule has 0 saturated heterocycles. The van der Waals surface area contributed by atoms with E-state index in [0.717, 1.165) is 19.3 Å². The number of anilines is 1. The van der Waals surface area contributed by atoms with Gasteiger partial charge in [-0.2, -0.15) is 4.98 Å². The average Bonchev–Trinajstić information content (AvgIpc) is 2.73. The van der Waals surface area contributed by atoms with Crippen LogP contribution in [0.4, 0.5) is 5.95 Å². The first-order valence-corrected chi connectivity index (χ1v) is 6.25. The van der Waals surface area contributed by atoms with Gasteiger partial charge in [-0.1, -0.05) is 20.3 Å². The van der Waals surface area contributed by atoms with Crippen LogP contribution in [0, 0.1) is 0 Å². The molecule has 6 heteroatoms. The van der Waals surface area contributed by atoms with Crippen molar-refractivity contribution in [3.63, 3.8) is 0 Å². The lowest BCUT2D eigenvalue weighted by molar-refractivity contribution is 0.285. The lowest BCUT2D eigenvalue weighted by atomic mass is 9.93. The van der Waals surface area contributed by atoms with Crippen LogP contribution in [0.2, 0.25) is 0 Å². The van der Waals surface area contributed by atoms with E-state index >= 15 is 0 Å². The maximum atomic E-state index is 11.7. The van der Waals surface area contributed by atoms with Gasteiger partial charge in [0, 0.05) is 5.54 Å². The highest BCUT2D eigenvalue weighted by atomic mass is 16.1. The van der Waals surface area contributed by atoms with Gasteiger partial charge in [0.2, 0.25) is 5.95 Å². The molecule has 2 aromatic rings. The predicted molar refractivity (Wildman–Crippen MR) is 71.4 cm³/mol. The van der Waals surface area contributed by atoms with E-state index in [4.69, 9.17) is 5.73 Å². The molecular formula is C12H19N5O. The van der Waals surface area contributed by atoms with E-state index in [2.05, 4.69) is 35.7 Å². The van der Waals surface area contributed by atoms with Crippen molar-refractivity contribution >= 4 is 17.1 Å². The minimum Gasteiger partial charge on any atom is -0.369 e. The molecule has 2 aromatic heterocycles. The summed E-state index contributed by atoms with van der Waals surface area (Å²) in [4.78, 5) is 22.6. The highest BCUT2D eigenvalue weighted by molar-refractivity contribution is 5.70. The van der Waals surface area contributed by atoms with Gasteiger partial charge in [0.1, 0.15) is 0 Å². The van der Waals surface area contributed by atoms with E-state index in [1.807, 2.05) is 4.57 Å². The molecule has 0 aliphatic carbocycles. The van der Waals surface area contributed by atoms with Gasteiger partial charge in [-0.05, 0) is 19.8 Å². The number of nitrogens with zero attached hydrogens (tertiary/aromatic N) is 3. The van der Waals surface area contributed by atoms with Crippen LogP contribution in [-0.2, 0) is 5.54 Å². The molecule has 0 bridgehead atoms. The second-order valence-corrected chi connectivity index (χ2v) is 4.84. The first-order valence-electron chi connectivity index (χ1n) is 6.25. The molecule has 0 amide bonds. The Morgan fingerprint density at radius 1 is 1.50 bits per heavy atom. The molecule has 2 heterocycles. The van der Waals surface area contributed by atoms with Crippen molar-refractivity contribution in [2.75, 3.05) is 5.73 Å². The largest absolute Gasteiger partial charge is 0.369 e. The molecule has 18 heavy (non-hydrogen) atoms. The third-order valence-corrected chi connectivity index (χ3v) is 3.56. The Hall–Kier alpha value is -1.85. The number of imidazole rings is 1. The normalized spacial score (nSPS) is 14.8. The summed E-state index contributed by atoms with van der Waals surface area (Å²) in [5.41, 5.74) is 6.14. The zero-order valence-corrected chi connectivity index (χ0v) is 11.0. The van der Waals surface area contributed by atoms with Gasteiger partial charge in [0.25, 0.3) is 5.56 Å². The molecule has 2 rings (SSSR count). The molecule has 0 aliphatic rings. The first kappa shape index (κ1) is 12.6. The van der Waals surface area contributed by atoms with Crippen LogP contribution in [0.3, 0.4) is 0 Å². The van der Waals surface area contributed by atoms with Crippen LogP contribution in [0.5, 0.6) is 0 Å². The highest BCUT2D eigenvalue weighted by Crippen LogP contribution is 2.28. The molecule has 1 atom stereocenters. The van der Waals surface area contributed by atoms with E-state index in [-0.39, 0.29) is 17.0 Å². The standard InChI is InChI=1S/C12H19N5O/c1-4-6-12(3,5-2)17-7-14-8-9(17)15-11(13)16-10(8)18/h7H,4-6H2,1-3H3,(H3,13,15,16,18). The Morgan fingerprint density at radius 3 is 2.83 bits per heavy atom. The molecule has 1 unspecified atom stereocenters. The first-order chi connectivity index (χ1) is 8.51. The minimum absolute atomic E-state index is 0.0866. The summed E-state index contributed by atoms with van der Waals surface area (Å²) >= 11 is 0. The second kappa shape index (κ2) is 4.44. The summed E-state index contributed by atoms with van der Waals surface area (Å²) in [6.45, 7) is 6.41. The Morgan fingerprint density at radius 2 is 2.22 bits per heavy atom. The lowest BCUT2D eigenvalue weighted by Crippen LogP contribution is -2.29. The molecule has 6 nitrogen and oxygen atoms in total. The highest BCUT2D eigenvalue weighted by Gasteiger charge is 2.26. The smallest absolute Gasteiger partial charge is 0.280 e. The third-order valence-electron chi connectivity index (χ3n) is 3.56. The second-order valence-electron chi connectivity index (χ2n) is 4.84. The molecule has 0 aliphatic heterocycles. The van der Waals surface area contributed by atoms with E-state index in [1.54, 1.807) is 6.33 Å². The van der Waals surface area contributed by atoms with Crippen molar-refractivity contribution in [1.82, 2.24) is 19.5 Å². The number of hydrogen-bond acceptors (Lipinski definition) is 4. The number of fused-ring (bicyclic) bond motifs is 1. The summed E-state index contributed by atoms with van der Waals surface area (Å²) in [6, 6.07) is 0. The van der Waals surface area contributed by atoms with Crippen LogP contribution >= 0.6 is 0 Å². The Bertz CT molecular complexity index is 614. The summed E-state index contributed by atoms with van der Waals surface area (Å²) < 4.78 is 1.97. The number of rotatable bonds is 4. The molecule has 98 valence electrons. The molecule has 0 radical (unpaired) electrons. The lowest BCUT2D eigenvalue weighted by Gasteiger charge is -2.30. The Balaban J connectivity index is 2.68. The van der Waals surface area contributed by atoms with Crippen LogP contribution in [0.1, 0.15) is 40.0 Å². The number of H-pyrrole nitrogens is 1. The fourth-order valence-corrected chi connectivity index (χ4v) is 2.33. The number of nitrogen functional groups attached to an aromatic ring is 1. The van der Waals surface area contributed by atoms with E-state index in [1.165, 1.54) is 0 Å². The molecule has 0 spiro atoms. The number of aromatic nitrogens is 4. The van der Waals surface area contributed by atoms with Crippen molar-refractivity contribution in [3.05, 3.63) is 16.7 Å².